The van der Waals surface area contributed by atoms with Crippen molar-refractivity contribution in [2.75, 3.05) is 13.1 Å². The molecule has 4 heteroatoms. The summed E-state index contributed by atoms with van der Waals surface area (Å²) in [5, 5.41) is 4.24. The van der Waals surface area contributed by atoms with E-state index in [9.17, 15) is 0 Å². The van der Waals surface area contributed by atoms with Crippen molar-refractivity contribution in [3.05, 3.63) is 51.4 Å². The molecule has 0 aliphatic carbocycles. The van der Waals surface area contributed by atoms with Crippen LogP contribution in [0, 0.1) is 0 Å². The van der Waals surface area contributed by atoms with Crippen LogP contribution >= 0.6 is 22.9 Å². The van der Waals surface area contributed by atoms with Gasteiger partial charge < -0.3 is 5.32 Å². The van der Waals surface area contributed by atoms with Crippen LogP contribution in [0.25, 0.3) is 0 Å². The summed E-state index contributed by atoms with van der Waals surface area (Å²) in [6.07, 6.45) is 2.98. The minimum atomic E-state index is 0.158. The molecule has 2 nitrogen and oxygen atoms in total. The van der Waals surface area contributed by atoms with E-state index in [1.165, 1.54) is 10.4 Å². The first kappa shape index (κ1) is 11.2. The fourth-order valence-corrected chi connectivity index (χ4v) is 3.47. The van der Waals surface area contributed by atoms with Crippen molar-refractivity contribution in [1.82, 2.24) is 10.3 Å². The van der Waals surface area contributed by atoms with Gasteiger partial charge in [0.15, 0.2) is 0 Å². The van der Waals surface area contributed by atoms with Gasteiger partial charge in [0, 0.05) is 34.6 Å². The Balaban J connectivity index is 1.95. The first-order chi connectivity index (χ1) is 8.30. The maximum Gasteiger partial charge on any atom is 0.0794 e. The summed E-state index contributed by atoms with van der Waals surface area (Å²) in [5.41, 5.74) is 3.31. The molecule has 17 heavy (non-hydrogen) atoms. The van der Waals surface area contributed by atoms with Gasteiger partial charge in [0.05, 0.1) is 5.51 Å². The summed E-state index contributed by atoms with van der Waals surface area (Å²) in [5.74, 6) is 0. The smallest absolute Gasteiger partial charge is 0.0794 e. The molecule has 0 bridgehead atoms. The highest BCUT2D eigenvalue weighted by Gasteiger charge is 2.40. The molecular weight excluding hydrogens is 252 g/mol. The minimum Gasteiger partial charge on any atom is -0.315 e. The van der Waals surface area contributed by atoms with Crippen molar-refractivity contribution >= 4 is 22.9 Å². The summed E-state index contributed by atoms with van der Waals surface area (Å²) in [6.45, 7) is 1.99. The molecule has 2 heterocycles. The van der Waals surface area contributed by atoms with Gasteiger partial charge in [0.1, 0.15) is 0 Å². The zero-order chi connectivity index (χ0) is 11.7. The molecule has 0 unspecified atom stereocenters. The molecule has 0 atom stereocenters. The van der Waals surface area contributed by atoms with E-state index in [2.05, 4.69) is 22.4 Å². The maximum atomic E-state index is 6.32. The third kappa shape index (κ3) is 1.99. The van der Waals surface area contributed by atoms with Gasteiger partial charge >= 0.3 is 0 Å². The van der Waals surface area contributed by atoms with Crippen LogP contribution in [-0.2, 0) is 11.8 Å². The van der Waals surface area contributed by atoms with Crippen LogP contribution in [-0.4, -0.2) is 18.1 Å². The maximum absolute atomic E-state index is 6.32. The number of rotatable bonds is 3. The molecule has 1 aliphatic heterocycles. The first-order valence-corrected chi connectivity index (χ1v) is 6.89. The molecule has 1 saturated heterocycles. The number of nitrogens with one attached hydrogen (secondary N) is 1. The van der Waals surface area contributed by atoms with Gasteiger partial charge in [-0.3, -0.25) is 4.98 Å². The molecule has 1 aliphatic rings. The molecule has 0 spiro atoms. The Morgan fingerprint density at radius 3 is 2.76 bits per heavy atom. The summed E-state index contributed by atoms with van der Waals surface area (Å²) in [7, 11) is 0. The van der Waals surface area contributed by atoms with Crippen LogP contribution in [0.15, 0.2) is 36.0 Å². The zero-order valence-corrected chi connectivity index (χ0v) is 10.9. The number of halogens is 1. The average molecular weight is 265 g/mol. The molecule has 88 valence electrons. The second kappa shape index (κ2) is 4.41. The van der Waals surface area contributed by atoms with Gasteiger partial charge in [0.2, 0.25) is 0 Å². The topological polar surface area (TPSA) is 24.9 Å². The van der Waals surface area contributed by atoms with Crippen molar-refractivity contribution < 1.29 is 0 Å². The van der Waals surface area contributed by atoms with Crippen molar-refractivity contribution in [1.29, 1.82) is 0 Å². The summed E-state index contributed by atoms with van der Waals surface area (Å²) >= 11 is 8.04. The van der Waals surface area contributed by atoms with Gasteiger partial charge in [-0.15, -0.1) is 11.3 Å². The zero-order valence-electron chi connectivity index (χ0n) is 9.32. The van der Waals surface area contributed by atoms with E-state index >= 15 is 0 Å². The molecule has 3 rings (SSSR count). The van der Waals surface area contributed by atoms with E-state index in [0.29, 0.717) is 0 Å². The Morgan fingerprint density at radius 2 is 2.18 bits per heavy atom. The highest BCUT2D eigenvalue weighted by molar-refractivity contribution is 7.09. The van der Waals surface area contributed by atoms with Crippen LogP contribution in [0.1, 0.15) is 10.4 Å². The largest absolute Gasteiger partial charge is 0.315 e. The molecule has 1 aromatic heterocycles. The van der Waals surface area contributed by atoms with E-state index in [-0.39, 0.29) is 5.41 Å². The third-order valence-electron chi connectivity index (χ3n) is 3.37. The summed E-state index contributed by atoms with van der Waals surface area (Å²) < 4.78 is 0. The van der Waals surface area contributed by atoms with E-state index in [1.54, 1.807) is 11.3 Å². The van der Waals surface area contributed by atoms with Crippen LogP contribution in [0.4, 0.5) is 0 Å². The van der Waals surface area contributed by atoms with Gasteiger partial charge in [-0.2, -0.15) is 0 Å². The molecular formula is C13H13ClN2S. The quantitative estimate of drug-likeness (QED) is 0.922. The van der Waals surface area contributed by atoms with E-state index in [0.717, 1.165) is 24.5 Å². The van der Waals surface area contributed by atoms with Crippen molar-refractivity contribution in [2.45, 2.75) is 11.8 Å². The van der Waals surface area contributed by atoms with E-state index in [4.69, 9.17) is 11.6 Å². The van der Waals surface area contributed by atoms with Gasteiger partial charge in [-0.25, -0.2) is 0 Å². The molecule has 0 saturated carbocycles. The number of aromatic nitrogens is 1. The average Bonchev–Trinajstić information content (AvgIpc) is 2.77. The van der Waals surface area contributed by atoms with Crippen molar-refractivity contribution in [3.8, 4) is 0 Å². The molecule has 0 amide bonds. The number of thiazole rings is 1. The summed E-state index contributed by atoms with van der Waals surface area (Å²) in [4.78, 5) is 5.47. The normalized spacial score (nSPS) is 17.7. The van der Waals surface area contributed by atoms with E-state index in [1.807, 2.05) is 23.8 Å². The lowest BCUT2D eigenvalue weighted by molar-refractivity contribution is 0.276. The van der Waals surface area contributed by atoms with Crippen molar-refractivity contribution in [2.24, 2.45) is 0 Å². The lowest BCUT2D eigenvalue weighted by Crippen LogP contribution is -2.58. The number of hydrogen-bond acceptors (Lipinski definition) is 3. The Morgan fingerprint density at radius 1 is 1.35 bits per heavy atom. The molecule has 1 fully saturated rings. The Hall–Kier alpha value is -0.900. The Labute approximate surface area is 110 Å². The van der Waals surface area contributed by atoms with Gasteiger partial charge in [-0.05, 0) is 18.1 Å². The molecule has 2 aromatic rings. The predicted molar refractivity (Wildman–Crippen MR) is 71.8 cm³/mol. The standard InChI is InChI=1S/C13H13ClN2S/c14-12-4-2-1-3-11(12)13(7-16-8-13)5-10-6-15-9-17-10/h1-4,6,9,16H,5,7-8H2. The summed E-state index contributed by atoms with van der Waals surface area (Å²) in [6, 6.07) is 8.17. The SMILES string of the molecule is Clc1ccccc1C1(Cc2cncs2)CNC1. The van der Waals surface area contributed by atoms with Crippen LogP contribution in [0.2, 0.25) is 5.02 Å². The monoisotopic (exact) mass is 264 g/mol. The van der Waals surface area contributed by atoms with Gasteiger partial charge in [0.25, 0.3) is 0 Å². The van der Waals surface area contributed by atoms with Crippen LogP contribution in [0.3, 0.4) is 0 Å². The lowest BCUT2D eigenvalue weighted by atomic mass is 9.72. The van der Waals surface area contributed by atoms with Crippen LogP contribution in [0.5, 0.6) is 0 Å². The molecule has 0 radical (unpaired) electrons. The lowest BCUT2D eigenvalue weighted by Gasteiger charge is -2.43. The second-order valence-electron chi connectivity index (χ2n) is 4.51. The third-order valence-corrected chi connectivity index (χ3v) is 4.48. The van der Waals surface area contributed by atoms with E-state index < -0.39 is 0 Å². The second-order valence-corrected chi connectivity index (χ2v) is 5.89. The number of nitrogens with zero attached hydrogens (tertiary/aromatic N) is 1. The van der Waals surface area contributed by atoms with Crippen molar-refractivity contribution in [3.63, 3.8) is 0 Å². The first-order valence-electron chi connectivity index (χ1n) is 5.63. The fourth-order valence-electron chi connectivity index (χ4n) is 2.39. The minimum absolute atomic E-state index is 0.158. The Kier molecular flexibility index (Phi) is 2.90. The van der Waals surface area contributed by atoms with Gasteiger partial charge in [-0.1, -0.05) is 29.8 Å². The molecule has 1 N–H and O–H groups in total. The number of benzene rings is 1. The predicted octanol–water partition coefficient (Wildman–Crippen LogP) is 2.88. The Bertz CT molecular complexity index is 506. The molecule has 1 aromatic carbocycles. The highest BCUT2D eigenvalue weighted by Crippen LogP contribution is 2.37. The van der Waals surface area contributed by atoms with Crippen LogP contribution < -0.4 is 5.32 Å². The number of hydrogen-bond donors (Lipinski definition) is 1. The highest BCUT2D eigenvalue weighted by atomic mass is 35.5. The fraction of sp³-hybridized carbons (Fsp3) is 0.308.